The third-order valence-electron chi connectivity index (χ3n) is 3.70. The van der Waals surface area contributed by atoms with Gasteiger partial charge < -0.3 is 14.9 Å². The molecule has 0 aliphatic carbocycles. The fourth-order valence-corrected chi connectivity index (χ4v) is 2.67. The van der Waals surface area contributed by atoms with E-state index in [-0.39, 0.29) is 12.0 Å². The van der Waals surface area contributed by atoms with Gasteiger partial charge in [-0.1, -0.05) is 6.42 Å². The van der Waals surface area contributed by atoms with Gasteiger partial charge in [-0.05, 0) is 45.7 Å². The maximum atomic E-state index is 11.5. The van der Waals surface area contributed by atoms with Gasteiger partial charge in [-0.15, -0.1) is 0 Å². The highest BCUT2D eigenvalue weighted by Crippen LogP contribution is 2.21. The van der Waals surface area contributed by atoms with Crippen LogP contribution < -0.4 is 0 Å². The van der Waals surface area contributed by atoms with Crippen LogP contribution in [0.15, 0.2) is 0 Å². The quantitative estimate of drug-likeness (QED) is 0.783. The Morgan fingerprint density at radius 3 is 2.78 bits per heavy atom. The fourth-order valence-electron chi connectivity index (χ4n) is 2.67. The molecule has 0 aromatic rings. The molecule has 1 rings (SSSR count). The van der Waals surface area contributed by atoms with Crippen LogP contribution in [0, 0.1) is 0 Å². The van der Waals surface area contributed by atoms with Gasteiger partial charge in [0, 0.05) is 26.6 Å². The standard InChI is InChI=1S/C14H28N2O2/c1-12(17)11-13-7-4-5-9-16(13)10-6-8-14(18)15(2)3/h12-13,17H,4-11H2,1-3H3. The molecule has 1 amide bonds. The van der Waals surface area contributed by atoms with Crippen LogP contribution in [0.1, 0.15) is 45.4 Å². The van der Waals surface area contributed by atoms with Gasteiger partial charge >= 0.3 is 0 Å². The van der Waals surface area contributed by atoms with E-state index in [1.165, 1.54) is 19.3 Å². The molecule has 4 heteroatoms. The van der Waals surface area contributed by atoms with Crippen LogP contribution in [-0.4, -0.2) is 60.1 Å². The Morgan fingerprint density at radius 1 is 1.44 bits per heavy atom. The van der Waals surface area contributed by atoms with Crippen LogP contribution in [-0.2, 0) is 4.79 Å². The van der Waals surface area contributed by atoms with Gasteiger partial charge in [-0.3, -0.25) is 4.79 Å². The summed E-state index contributed by atoms with van der Waals surface area (Å²) in [5.74, 6) is 0.207. The smallest absolute Gasteiger partial charge is 0.222 e. The summed E-state index contributed by atoms with van der Waals surface area (Å²) < 4.78 is 0. The molecule has 1 saturated heterocycles. The van der Waals surface area contributed by atoms with Crippen LogP contribution in [0.25, 0.3) is 0 Å². The van der Waals surface area contributed by atoms with Crippen LogP contribution in [0.5, 0.6) is 0 Å². The number of rotatable bonds is 6. The second kappa shape index (κ2) is 7.74. The Labute approximate surface area is 111 Å². The molecule has 0 saturated carbocycles. The molecule has 0 bridgehead atoms. The lowest BCUT2D eigenvalue weighted by atomic mass is 9.97. The molecular weight excluding hydrogens is 228 g/mol. The van der Waals surface area contributed by atoms with E-state index in [4.69, 9.17) is 0 Å². The van der Waals surface area contributed by atoms with E-state index in [1.807, 2.05) is 6.92 Å². The van der Waals surface area contributed by atoms with Gasteiger partial charge in [0.2, 0.25) is 5.91 Å². The normalized spacial score (nSPS) is 22.8. The summed E-state index contributed by atoms with van der Waals surface area (Å²) >= 11 is 0. The summed E-state index contributed by atoms with van der Waals surface area (Å²) in [4.78, 5) is 15.6. The van der Waals surface area contributed by atoms with E-state index in [9.17, 15) is 9.90 Å². The summed E-state index contributed by atoms with van der Waals surface area (Å²) in [7, 11) is 3.61. The van der Waals surface area contributed by atoms with Crippen LogP contribution >= 0.6 is 0 Å². The highest BCUT2D eigenvalue weighted by molar-refractivity contribution is 5.75. The van der Waals surface area contributed by atoms with E-state index in [0.717, 1.165) is 25.9 Å². The summed E-state index contributed by atoms with van der Waals surface area (Å²) in [5.41, 5.74) is 0. The summed E-state index contributed by atoms with van der Waals surface area (Å²) in [6, 6.07) is 0.508. The Bertz CT molecular complexity index is 254. The fraction of sp³-hybridized carbons (Fsp3) is 0.929. The van der Waals surface area contributed by atoms with Crippen LogP contribution in [0.4, 0.5) is 0 Å². The van der Waals surface area contributed by atoms with Crippen molar-refractivity contribution in [2.75, 3.05) is 27.2 Å². The number of likely N-dealkylation sites (tertiary alicyclic amines) is 1. The van der Waals surface area contributed by atoms with Gasteiger partial charge in [0.25, 0.3) is 0 Å². The van der Waals surface area contributed by atoms with Crippen molar-refractivity contribution in [1.29, 1.82) is 0 Å². The monoisotopic (exact) mass is 256 g/mol. The molecule has 4 nitrogen and oxygen atoms in total. The molecule has 1 fully saturated rings. The first-order valence-corrected chi connectivity index (χ1v) is 7.13. The van der Waals surface area contributed by atoms with Crippen molar-refractivity contribution in [2.24, 2.45) is 0 Å². The van der Waals surface area contributed by atoms with Crippen LogP contribution in [0.2, 0.25) is 0 Å². The van der Waals surface area contributed by atoms with Crippen molar-refractivity contribution in [3.8, 4) is 0 Å². The molecule has 1 N–H and O–H groups in total. The number of hydrogen-bond donors (Lipinski definition) is 1. The van der Waals surface area contributed by atoms with Crippen molar-refractivity contribution >= 4 is 5.91 Å². The van der Waals surface area contributed by atoms with Crippen molar-refractivity contribution < 1.29 is 9.90 Å². The topological polar surface area (TPSA) is 43.8 Å². The first-order chi connectivity index (χ1) is 8.50. The van der Waals surface area contributed by atoms with Gasteiger partial charge in [-0.2, -0.15) is 0 Å². The minimum absolute atomic E-state index is 0.207. The van der Waals surface area contributed by atoms with Gasteiger partial charge in [-0.25, -0.2) is 0 Å². The zero-order chi connectivity index (χ0) is 13.5. The Kier molecular flexibility index (Phi) is 6.65. The summed E-state index contributed by atoms with van der Waals surface area (Å²) in [6.45, 7) is 3.97. The predicted molar refractivity (Wildman–Crippen MR) is 73.4 cm³/mol. The minimum atomic E-state index is -0.223. The van der Waals surface area contributed by atoms with Gasteiger partial charge in [0.1, 0.15) is 0 Å². The van der Waals surface area contributed by atoms with E-state index in [1.54, 1.807) is 19.0 Å². The highest BCUT2D eigenvalue weighted by atomic mass is 16.3. The Morgan fingerprint density at radius 2 is 2.17 bits per heavy atom. The lowest BCUT2D eigenvalue weighted by molar-refractivity contribution is -0.128. The Hall–Kier alpha value is -0.610. The SMILES string of the molecule is CC(O)CC1CCCCN1CCCC(=O)N(C)C. The second-order valence-electron chi connectivity index (χ2n) is 5.66. The number of amides is 1. The lowest BCUT2D eigenvalue weighted by Crippen LogP contribution is -2.41. The molecule has 0 radical (unpaired) electrons. The largest absolute Gasteiger partial charge is 0.393 e. The number of nitrogens with zero attached hydrogens (tertiary/aromatic N) is 2. The van der Waals surface area contributed by atoms with Gasteiger partial charge in [0.05, 0.1) is 6.10 Å². The predicted octanol–water partition coefficient (Wildman–Crippen LogP) is 1.48. The average Bonchev–Trinajstić information content (AvgIpc) is 2.30. The number of aliphatic hydroxyl groups excluding tert-OH is 1. The molecule has 2 atom stereocenters. The third kappa shape index (κ3) is 5.36. The summed E-state index contributed by atoms with van der Waals surface area (Å²) in [6.07, 6.45) is 5.90. The molecule has 0 aromatic heterocycles. The third-order valence-corrected chi connectivity index (χ3v) is 3.70. The zero-order valence-corrected chi connectivity index (χ0v) is 12.1. The van der Waals surface area contributed by atoms with E-state index in [0.29, 0.717) is 12.5 Å². The number of carbonyl (C=O) groups is 1. The summed E-state index contributed by atoms with van der Waals surface area (Å²) in [5, 5.41) is 9.52. The number of hydrogen-bond acceptors (Lipinski definition) is 3. The van der Waals surface area contributed by atoms with Crippen LogP contribution in [0.3, 0.4) is 0 Å². The zero-order valence-electron chi connectivity index (χ0n) is 12.1. The minimum Gasteiger partial charge on any atom is -0.393 e. The van der Waals surface area contributed by atoms with E-state index in [2.05, 4.69) is 4.90 Å². The van der Waals surface area contributed by atoms with Gasteiger partial charge in [0.15, 0.2) is 0 Å². The molecule has 106 valence electrons. The molecule has 18 heavy (non-hydrogen) atoms. The molecule has 1 aliphatic rings. The number of aliphatic hydroxyl groups is 1. The van der Waals surface area contributed by atoms with E-state index >= 15 is 0 Å². The maximum absolute atomic E-state index is 11.5. The molecule has 2 unspecified atom stereocenters. The van der Waals surface area contributed by atoms with Crippen molar-refractivity contribution in [2.45, 2.75) is 57.6 Å². The van der Waals surface area contributed by atoms with Crippen molar-refractivity contribution in [3.05, 3.63) is 0 Å². The lowest BCUT2D eigenvalue weighted by Gasteiger charge is -2.36. The molecule has 0 aromatic carbocycles. The molecule has 1 aliphatic heterocycles. The second-order valence-corrected chi connectivity index (χ2v) is 5.66. The molecule has 1 heterocycles. The maximum Gasteiger partial charge on any atom is 0.222 e. The Balaban J connectivity index is 2.31. The number of carbonyl (C=O) groups excluding carboxylic acids is 1. The molecular formula is C14H28N2O2. The number of piperidine rings is 1. The first-order valence-electron chi connectivity index (χ1n) is 7.13. The average molecular weight is 256 g/mol. The van der Waals surface area contributed by atoms with Crippen molar-refractivity contribution in [3.63, 3.8) is 0 Å². The highest BCUT2D eigenvalue weighted by Gasteiger charge is 2.23. The first kappa shape index (κ1) is 15.4. The van der Waals surface area contributed by atoms with E-state index < -0.39 is 0 Å². The van der Waals surface area contributed by atoms with Crippen molar-refractivity contribution in [1.82, 2.24) is 9.80 Å². The molecule has 0 spiro atoms.